The van der Waals surface area contributed by atoms with Crippen LogP contribution in [0.1, 0.15) is 24.8 Å². The van der Waals surface area contributed by atoms with Crippen LogP contribution < -0.4 is 16.0 Å². The Bertz CT molecular complexity index is 466. The summed E-state index contributed by atoms with van der Waals surface area (Å²) in [5.74, 6) is 0.952. The first-order valence-corrected chi connectivity index (χ1v) is 7.18. The maximum Gasteiger partial charge on any atom is 0.228 e. The van der Waals surface area contributed by atoms with Gasteiger partial charge in [0, 0.05) is 17.9 Å². The molecule has 0 spiro atoms. The fourth-order valence-corrected chi connectivity index (χ4v) is 2.93. The molecule has 0 aromatic heterocycles. The van der Waals surface area contributed by atoms with Gasteiger partial charge in [0.1, 0.15) is 0 Å². The first kappa shape index (κ1) is 12.5. The van der Waals surface area contributed by atoms with E-state index in [9.17, 15) is 4.79 Å². The smallest absolute Gasteiger partial charge is 0.228 e. The Morgan fingerprint density at radius 1 is 1.26 bits per heavy atom. The molecule has 0 aliphatic carbocycles. The predicted octanol–water partition coefficient (Wildman–Crippen LogP) is 1.98. The lowest BCUT2D eigenvalue weighted by atomic mass is 9.95. The fourth-order valence-electron chi connectivity index (χ4n) is 2.93. The summed E-state index contributed by atoms with van der Waals surface area (Å²) in [5.41, 5.74) is 3.20. The van der Waals surface area contributed by atoms with Crippen molar-refractivity contribution in [3.63, 3.8) is 0 Å². The van der Waals surface area contributed by atoms with E-state index >= 15 is 0 Å². The highest BCUT2D eigenvalue weighted by atomic mass is 16.1. The second-order valence-electron chi connectivity index (χ2n) is 5.51. The highest BCUT2D eigenvalue weighted by molar-refractivity contribution is 5.99. The Balaban J connectivity index is 1.50. The number of carbonyl (C=O) groups excluding carboxylic acids is 1. The van der Waals surface area contributed by atoms with E-state index < -0.39 is 0 Å². The molecule has 1 aromatic rings. The fraction of sp³-hybridized carbons (Fsp3) is 0.533. The molecule has 1 amide bonds. The molecule has 0 atom stereocenters. The zero-order valence-electron chi connectivity index (χ0n) is 11.2. The zero-order chi connectivity index (χ0) is 13.1. The van der Waals surface area contributed by atoms with Crippen LogP contribution in [-0.2, 0) is 11.2 Å². The first-order valence-electron chi connectivity index (χ1n) is 7.18. The number of hydrogen-bond acceptors (Lipinski definition) is 3. The number of nitrogens with one attached hydrogen (secondary N) is 3. The number of benzene rings is 1. The van der Waals surface area contributed by atoms with Crippen LogP contribution >= 0.6 is 0 Å². The van der Waals surface area contributed by atoms with Gasteiger partial charge in [0.05, 0.1) is 6.42 Å². The molecule has 0 unspecified atom stereocenters. The number of hydrogen-bond donors (Lipinski definition) is 3. The number of anilines is 2. The molecule has 0 saturated carbocycles. The minimum atomic E-state index is 0.0989. The molecule has 1 fully saturated rings. The molecule has 4 heteroatoms. The average molecular weight is 259 g/mol. The molecule has 2 aliphatic heterocycles. The molecule has 1 saturated heterocycles. The van der Waals surface area contributed by atoms with Crippen molar-refractivity contribution in [2.24, 2.45) is 5.92 Å². The molecule has 0 radical (unpaired) electrons. The normalized spacial score (nSPS) is 19.1. The highest BCUT2D eigenvalue weighted by Crippen LogP contribution is 2.26. The van der Waals surface area contributed by atoms with Gasteiger partial charge in [-0.15, -0.1) is 0 Å². The van der Waals surface area contributed by atoms with Gasteiger partial charge in [-0.1, -0.05) is 0 Å². The summed E-state index contributed by atoms with van der Waals surface area (Å²) in [7, 11) is 0. The predicted molar refractivity (Wildman–Crippen MR) is 77.5 cm³/mol. The van der Waals surface area contributed by atoms with Crippen molar-refractivity contribution < 1.29 is 4.79 Å². The van der Waals surface area contributed by atoms with E-state index in [4.69, 9.17) is 0 Å². The number of carbonyl (C=O) groups is 1. The Labute approximate surface area is 114 Å². The summed E-state index contributed by atoms with van der Waals surface area (Å²) < 4.78 is 0. The lowest BCUT2D eigenvalue weighted by molar-refractivity contribution is -0.115. The second kappa shape index (κ2) is 5.61. The van der Waals surface area contributed by atoms with Crippen molar-refractivity contribution in [1.82, 2.24) is 5.32 Å². The van der Waals surface area contributed by atoms with Crippen LogP contribution in [0.2, 0.25) is 0 Å². The molecule has 0 bridgehead atoms. The third-order valence-corrected chi connectivity index (χ3v) is 4.07. The zero-order valence-corrected chi connectivity index (χ0v) is 11.2. The Hall–Kier alpha value is -1.55. The van der Waals surface area contributed by atoms with Gasteiger partial charge in [0.15, 0.2) is 0 Å². The summed E-state index contributed by atoms with van der Waals surface area (Å²) in [6.07, 6.45) is 4.34. The Morgan fingerprint density at radius 3 is 2.95 bits per heavy atom. The molecule has 1 aromatic carbocycles. The van der Waals surface area contributed by atoms with Crippen molar-refractivity contribution in [2.45, 2.75) is 25.7 Å². The maximum atomic E-state index is 11.3. The highest BCUT2D eigenvalue weighted by Gasteiger charge is 2.17. The minimum absolute atomic E-state index is 0.0989. The quantitative estimate of drug-likeness (QED) is 0.775. The summed E-state index contributed by atoms with van der Waals surface area (Å²) >= 11 is 0. The Kier molecular flexibility index (Phi) is 3.69. The van der Waals surface area contributed by atoms with Crippen LogP contribution in [-0.4, -0.2) is 25.5 Å². The topological polar surface area (TPSA) is 53.2 Å². The SMILES string of the molecule is O=C1Cc2cc(NCCC3CCNCC3)ccc2N1. The number of fused-ring (bicyclic) bond motifs is 1. The van der Waals surface area contributed by atoms with Crippen molar-refractivity contribution in [3.05, 3.63) is 23.8 Å². The van der Waals surface area contributed by atoms with E-state index in [-0.39, 0.29) is 5.91 Å². The summed E-state index contributed by atoms with van der Waals surface area (Å²) in [6, 6.07) is 6.13. The van der Waals surface area contributed by atoms with Gasteiger partial charge in [-0.05, 0) is 62.0 Å². The van der Waals surface area contributed by atoms with Crippen LogP contribution in [0, 0.1) is 5.92 Å². The van der Waals surface area contributed by atoms with Crippen molar-refractivity contribution >= 4 is 17.3 Å². The molecule has 2 heterocycles. The van der Waals surface area contributed by atoms with Gasteiger partial charge in [-0.25, -0.2) is 0 Å². The van der Waals surface area contributed by atoms with E-state index in [1.54, 1.807) is 0 Å². The molecule has 102 valence electrons. The van der Waals surface area contributed by atoms with Gasteiger partial charge in [-0.2, -0.15) is 0 Å². The van der Waals surface area contributed by atoms with Crippen LogP contribution in [0.5, 0.6) is 0 Å². The average Bonchev–Trinajstić information content (AvgIpc) is 2.79. The molecule has 2 aliphatic rings. The van der Waals surface area contributed by atoms with Crippen LogP contribution in [0.4, 0.5) is 11.4 Å². The largest absolute Gasteiger partial charge is 0.385 e. The van der Waals surface area contributed by atoms with Crippen LogP contribution in [0.3, 0.4) is 0 Å². The summed E-state index contributed by atoms with van der Waals surface area (Å²) in [4.78, 5) is 11.3. The lowest BCUT2D eigenvalue weighted by Gasteiger charge is -2.22. The van der Waals surface area contributed by atoms with Crippen molar-refractivity contribution in [2.75, 3.05) is 30.3 Å². The third-order valence-electron chi connectivity index (χ3n) is 4.07. The maximum absolute atomic E-state index is 11.3. The van der Waals surface area contributed by atoms with Gasteiger partial charge in [0.2, 0.25) is 5.91 Å². The van der Waals surface area contributed by atoms with Crippen LogP contribution in [0.15, 0.2) is 18.2 Å². The summed E-state index contributed by atoms with van der Waals surface area (Å²) in [6.45, 7) is 3.35. The van der Waals surface area contributed by atoms with Gasteiger partial charge in [0.25, 0.3) is 0 Å². The third kappa shape index (κ3) is 3.07. The molecular weight excluding hydrogens is 238 g/mol. The van der Waals surface area contributed by atoms with E-state index in [1.165, 1.54) is 19.3 Å². The molecule has 3 N–H and O–H groups in total. The number of rotatable bonds is 4. The molecule has 4 nitrogen and oxygen atoms in total. The van der Waals surface area contributed by atoms with E-state index in [2.05, 4.69) is 22.0 Å². The van der Waals surface area contributed by atoms with E-state index in [0.717, 1.165) is 42.5 Å². The molecular formula is C15H21N3O. The van der Waals surface area contributed by atoms with Gasteiger partial charge in [-0.3, -0.25) is 4.79 Å². The minimum Gasteiger partial charge on any atom is -0.385 e. The van der Waals surface area contributed by atoms with Crippen LogP contribution in [0.25, 0.3) is 0 Å². The van der Waals surface area contributed by atoms with Gasteiger partial charge < -0.3 is 16.0 Å². The van der Waals surface area contributed by atoms with Crippen molar-refractivity contribution in [3.8, 4) is 0 Å². The summed E-state index contributed by atoms with van der Waals surface area (Å²) in [5, 5.41) is 9.73. The van der Waals surface area contributed by atoms with Gasteiger partial charge >= 0.3 is 0 Å². The monoisotopic (exact) mass is 259 g/mol. The first-order chi connectivity index (χ1) is 9.31. The number of amides is 1. The number of piperidine rings is 1. The lowest BCUT2D eigenvalue weighted by Crippen LogP contribution is -2.28. The standard InChI is InChI=1S/C15H21N3O/c19-15-10-12-9-13(1-2-14(12)18-15)17-8-5-11-3-6-16-7-4-11/h1-2,9,11,16-17H,3-8,10H2,(H,18,19). The van der Waals surface area contributed by atoms with E-state index in [1.807, 2.05) is 12.1 Å². The molecule has 19 heavy (non-hydrogen) atoms. The molecule has 3 rings (SSSR count). The van der Waals surface area contributed by atoms with Crippen molar-refractivity contribution in [1.29, 1.82) is 0 Å². The second-order valence-corrected chi connectivity index (χ2v) is 5.51. The van der Waals surface area contributed by atoms with E-state index in [0.29, 0.717) is 6.42 Å². The Morgan fingerprint density at radius 2 is 2.11 bits per heavy atom.